The Kier molecular flexibility index (Phi) is 6.33. The summed E-state index contributed by atoms with van der Waals surface area (Å²) in [6, 6.07) is 0. The fourth-order valence-electron chi connectivity index (χ4n) is 1.60. The van der Waals surface area contributed by atoms with E-state index in [0.717, 1.165) is 4.34 Å². The van der Waals surface area contributed by atoms with Gasteiger partial charge in [-0.1, -0.05) is 59.2 Å². The second-order valence-electron chi connectivity index (χ2n) is 4.61. The molecule has 102 valence electrons. The predicted octanol–water partition coefficient (Wildman–Crippen LogP) is 6.50. The normalized spacial score (nSPS) is 14.0. The summed E-state index contributed by atoms with van der Waals surface area (Å²) in [6.07, 6.45) is 12.7. The lowest BCUT2D eigenvalue weighted by atomic mass is 10.1. The van der Waals surface area contributed by atoms with Crippen molar-refractivity contribution in [1.82, 2.24) is 0 Å². The van der Waals surface area contributed by atoms with Crippen molar-refractivity contribution < 1.29 is 0 Å². The monoisotopic (exact) mass is 292 g/mol. The van der Waals surface area contributed by atoms with Crippen LogP contribution < -0.4 is 0 Å². The van der Waals surface area contributed by atoms with Crippen molar-refractivity contribution in [2.45, 2.75) is 34.6 Å². The molecule has 0 fully saturated rings. The number of hydrogen-bond acceptors (Lipinski definition) is 1. The van der Waals surface area contributed by atoms with Gasteiger partial charge in [-0.2, -0.15) is 0 Å². The number of thiophene rings is 1. The van der Waals surface area contributed by atoms with Crippen LogP contribution in [0.4, 0.5) is 0 Å². The Hall–Kier alpha value is -1.05. The summed E-state index contributed by atoms with van der Waals surface area (Å²) in [7, 11) is 0. The topological polar surface area (TPSA) is 0 Å². The van der Waals surface area contributed by atoms with E-state index in [1.807, 2.05) is 6.92 Å². The van der Waals surface area contributed by atoms with Crippen LogP contribution in [0.5, 0.6) is 0 Å². The number of halogens is 1. The van der Waals surface area contributed by atoms with Gasteiger partial charge in [0.2, 0.25) is 0 Å². The van der Waals surface area contributed by atoms with Crippen molar-refractivity contribution in [2.75, 3.05) is 0 Å². The molecule has 2 heteroatoms. The summed E-state index contributed by atoms with van der Waals surface area (Å²) >= 11 is 7.78. The Bertz CT molecular complexity index is 554. The predicted molar refractivity (Wildman–Crippen MR) is 90.2 cm³/mol. The molecule has 0 aliphatic rings. The molecule has 1 heterocycles. The van der Waals surface area contributed by atoms with E-state index >= 15 is 0 Å². The lowest BCUT2D eigenvalue weighted by molar-refractivity contribution is 1.45. The highest BCUT2D eigenvalue weighted by Gasteiger charge is 2.06. The molecule has 0 saturated carbocycles. The third-order valence-electron chi connectivity index (χ3n) is 3.01. The van der Waals surface area contributed by atoms with E-state index in [4.69, 9.17) is 11.6 Å². The molecule has 0 nitrogen and oxygen atoms in total. The molecule has 0 saturated heterocycles. The first kappa shape index (κ1) is 16.0. The number of rotatable bonds is 4. The Morgan fingerprint density at radius 2 is 1.79 bits per heavy atom. The van der Waals surface area contributed by atoms with Crippen molar-refractivity contribution in [3.05, 3.63) is 61.9 Å². The Labute approximate surface area is 125 Å². The van der Waals surface area contributed by atoms with Gasteiger partial charge < -0.3 is 0 Å². The molecule has 0 aromatic carbocycles. The first-order chi connectivity index (χ1) is 8.95. The van der Waals surface area contributed by atoms with E-state index in [9.17, 15) is 0 Å². The summed E-state index contributed by atoms with van der Waals surface area (Å²) in [6.45, 7) is 10.4. The molecule has 1 rings (SSSR count). The van der Waals surface area contributed by atoms with Gasteiger partial charge in [0, 0.05) is 4.88 Å². The highest BCUT2D eigenvalue weighted by molar-refractivity contribution is 7.16. The van der Waals surface area contributed by atoms with Crippen LogP contribution in [0.3, 0.4) is 0 Å². The molecular weight excluding hydrogens is 272 g/mol. The summed E-state index contributed by atoms with van der Waals surface area (Å²) in [5, 5.41) is 0. The lowest BCUT2D eigenvalue weighted by Crippen LogP contribution is -1.76. The van der Waals surface area contributed by atoms with Crippen molar-refractivity contribution in [1.29, 1.82) is 0 Å². The summed E-state index contributed by atoms with van der Waals surface area (Å²) < 4.78 is 0.891. The van der Waals surface area contributed by atoms with E-state index < -0.39 is 0 Å². The quantitative estimate of drug-likeness (QED) is 0.556. The Morgan fingerprint density at radius 1 is 1.11 bits per heavy atom. The van der Waals surface area contributed by atoms with Crippen LogP contribution in [0.15, 0.2) is 41.5 Å². The fourth-order valence-corrected chi connectivity index (χ4v) is 2.91. The third-order valence-corrected chi connectivity index (χ3v) is 4.53. The SMILES string of the molecule is CC=C(C)C=CC=C(C)C=Cc1c(C)sc(Cl)c1C. The fraction of sp³-hybridized carbons (Fsp3) is 0.294. The molecule has 0 amide bonds. The van der Waals surface area contributed by atoms with E-state index in [0.29, 0.717) is 0 Å². The second kappa shape index (κ2) is 7.52. The minimum atomic E-state index is 0.891. The number of hydrogen-bond donors (Lipinski definition) is 0. The zero-order valence-electron chi connectivity index (χ0n) is 12.3. The van der Waals surface area contributed by atoms with E-state index in [-0.39, 0.29) is 0 Å². The molecule has 0 aliphatic carbocycles. The minimum Gasteiger partial charge on any atom is -0.128 e. The van der Waals surface area contributed by atoms with Crippen LogP contribution in [-0.2, 0) is 0 Å². The maximum atomic E-state index is 6.14. The van der Waals surface area contributed by atoms with Crippen molar-refractivity contribution >= 4 is 29.0 Å². The zero-order valence-corrected chi connectivity index (χ0v) is 13.8. The number of allylic oxidation sites excluding steroid dienone is 7. The van der Waals surface area contributed by atoms with Crippen LogP contribution in [0, 0.1) is 13.8 Å². The maximum absolute atomic E-state index is 6.14. The maximum Gasteiger partial charge on any atom is 0.0966 e. The highest BCUT2D eigenvalue weighted by atomic mass is 35.5. The molecule has 0 atom stereocenters. The van der Waals surface area contributed by atoms with Gasteiger partial charge in [0.1, 0.15) is 0 Å². The van der Waals surface area contributed by atoms with Crippen LogP contribution in [0.25, 0.3) is 6.08 Å². The molecule has 0 spiro atoms. The van der Waals surface area contributed by atoms with E-state index in [1.54, 1.807) is 11.3 Å². The zero-order chi connectivity index (χ0) is 14.4. The van der Waals surface area contributed by atoms with Crippen molar-refractivity contribution in [2.24, 2.45) is 0 Å². The van der Waals surface area contributed by atoms with Crippen LogP contribution in [0.2, 0.25) is 4.34 Å². The molecular formula is C17H21ClS. The van der Waals surface area contributed by atoms with Gasteiger partial charge in [0.15, 0.2) is 0 Å². The van der Waals surface area contributed by atoms with Crippen molar-refractivity contribution in [3.63, 3.8) is 0 Å². The Morgan fingerprint density at radius 3 is 2.32 bits per heavy atom. The molecule has 0 bridgehead atoms. The van der Waals surface area contributed by atoms with Gasteiger partial charge in [-0.15, -0.1) is 11.3 Å². The van der Waals surface area contributed by atoms with Gasteiger partial charge >= 0.3 is 0 Å². The minimum absolute atomic E-state index is 0.891. The molecule has 1 aromatic heterocycles. The first-order valence-corrected chi connectivity index (χ1v) is 7.56. The Balaban J connectivity index is 2.81. The van der Waals surface area contributed by atoms with Crippen LogP contribution >= 0.6 is 22.9 Å². The van der Waals surface area contributed by atoms with Gasteiger partial charge in [-0.25, -0.2) is 0 Å². The summed E-state index contributed by atoms with van der Waals surface area (Å²) in [5.74, 6) is 0. The largest absolute Gasteiger partial charge is 0.128 e. The average Bonchev–Trinajstić information content (AvgIpc) is 2.61. The van der Waals surface area contributed by atoms with Crippen LogP contribution in [-0.4, -0.2) is 0 Å². The molecule has 0 N–H and O–H groups in total. The third kappa shape index (κ3) is 4.85. The average molecular weight is 293 g/mol. The van der Waals surface area contributed by atoms with Gasteiger partial charge in [-0.05, 0) is 45.7 Å². The first-order valence-electron chi connectivity index (χ1n) is 6.37. The molecule has 0 radical (unpaired) electrons. The lowest BCUT2D eigenvalue weighted by Gasteiger charge is -1.95. The van der Waals surface area contributed by atoms with E-state index in [2.05, 4.69) is 64.2 Å². The molecule has 0 unspecified atom stereocenters. The second-order valence-corrected chi connectivity index (χ2v) is 6.43. The number of aryl methyl sites for hydroxylation is 1. The van der Waals surface area contributed by atoms with Crippen molar-refractivity contribution in [3.8, 4) is 0 Å². The van der Waals surface area contributed by atoms with Crippen LogP contribution in [0.1, 0.15) is 36.8 Å². The smallest absolute Gasteiger partial charge is 0.0966 e. The molecule has 19 heavy (non-hydrogen) atoms. The summed E-state index contributed by atoms with van der Waals surface area (Å²) in [4.78, 5) is 1.27. The standard InChI is InChI=1S/C17H21ClS/c1-6-12(2)8-7-9-13(3)10-11-16-14(4)17(18)19-15(16)5/h6-11H,1-5H3. The molecule has 1 aromatic rings. The highest BCUT2D eigenvalue weighted by Crippen LogP contribution is 2.32. The summed E-state index contributed by atoms with van der Waals surface area (Å²) in [5.41, 5.74) is 4.91. The van der Waals surface area contributed by atoms with Gasteiger partial charge in [0.05, 0.1) is 4.34 Å². The molecule has 0 aliphatic heterocycles. The van der Waals surface area contributed by atoms with Gasteiger partial charge in [-0.3, -0.25) is 0 Å². The van der Waals surface area contributed by atoms with E-state index in [1.165, 1.54) is 27.2 Å². The van der Waals surface area contributed by atoms with Gasteiger partial charge in [0.25, 0.3) is 0 Å².